The third-order valence-corrected chi connectivity index (χ3v) is 2.38. The molecule has 5 heteroatoms. The second-order valence-electron chi connectivity index (χ2n) is 2.34. The van der Waals surface area contributed by atoms with E-state index in [0.717, 1.165) is 5.75 Å². The summed E-state index contributed by atoms with van der Waals surface area (Å²) in [5.74, 6) is 0.867. The van der Waals surface area contributed by atoms with E-state index in [9.17, 15) is 15.2 Å². The average molecular weight is 199 g/mol. The quantitative estimate of drug-likeness (QED) is 0.461. The largest absolute Gasteiger partial charge is 0.507 e. The molecule has 1 aromatic rings. The lowest BCUT2D eigenvalue weighted by atomic mass is 10.3. The molecule has 70 valence electrons. The van der Waals surface area contributed by atoms with Crippen LogP contribution < -0.4 is 0 Å². The third kappa shape index (κ3) is 2.35. The normalized spacial score (nSPS) is 9.92. The Morgan fingerprint density at radius 1 is 1.62 bits per heavy atom. The lowest BCUT2D eigenvalue weighted by molar-refractivity contribution is -0.385. The number of phenols is 1. The molecule has 0 aliphatic heterocycles. The summed E-state index contributed by atoms with van der Waals surface area (Å²) in [6, 6.07) is 4.01. The molecule has 1 N–H and O–H groups in total. The van der Waals surface area contributed by atoms with Crippen LogP contribution in [0.15, 0.2) is 23.1 Å². The van der Waals surface area contributed by atoms with E-state index in [2.05, 4.69) is 0 Å². The zero-order chi connectivity index (χ0) is 9.84. The van der Waals surface area contributed by atoms with Crippen LogP contribution in [0, 0.1) is 10.1 Å². The van der Waals surface area contributed by atoms with Crippen molar-refractivity contribution in [3.63, 3.8) is 0 Å². The highest BCUT2D eigenvalue weighted by Crippen LogP contribution is 2.31. The van der Waals surface area contributed by atoms with Gasteiger partial charge in [0.15, 0.2) is 0 Å². The summed E-state index contributed by atoms with van der Waals surface area (Å²) in [4.78, 5) is 10.5. The molecule has 0 aliphatic carbocycles. The van der Waals surface area contributed by atoms with Gasteiger partial charge in [0.25, 0.3) is 5.69 Å². The molecule has 0 unspecified atom stereocenters. The van der Waals surface area contributed by atoms with E-state index in [1.807, 2.05) is 6.92 Å². The van der Waals surface area contributed by atoms with Crippen LogP contribution in [-0.4, -0.2) is 15.8 Å². The molecular weight excluding hydrogens is 190 g/mol. The van der Waals surface area contributed by atoms with Gasteiger partial charge in [-0.3, -0.25) is 10.1 Å². The lowest BCUT2D eigenvalue weighted by Gasteiger charge is -2.01. The maximum atomic E-state index is 10.4. The highest BCUT2D eigenvalue weighted by Gasteiger charge is 2.09. The number of non-ortho nitro benzene ring substituents is 1. The predicted octanol–water partition coefficient (Wildman–Crippen LogP) is 2.41. The number of benzene rings is 1. The SMILES string of the molecule is CCSc1cc([N+](=O)[O-])ccc1O. The minimum atomic E-state index is -0.473. The number of thioether (sulfide) groups is 1. The first kappa shape index (κ1) is 9.85. The summed E-state index contributed by atoms with van der Waals surface area (Å²) in [6.07, 6.45) is 0. The number of aromatic hydroxyl groups is 1. The molecular formula is C8H9NO3S. The van der Waals surface area contributed by atoms with Gasteiger partial charge in [-0.05, 0) is 11.8 Å². The first-order valence-corrected chi connectivity index (χ1v) is 4.74. The maximum absolute atomic E-state index is 10.4. The Hall–Kier alpha value is -1.23. The predicted molar refractivity (Wildman–Crippen MR) is 51.2 cm³/mol. The molecule has 1 aromatic carbocycles. The van der Waals surface area contributed by atoms with Crippen molar-refractivity contribution in [1.82, 2.24) is 0 Å². The summed E-state index contributed by atoms with van der Waals surface area (Å²) < 4.78 is 0. The fourth-order valence-electron chi connectivity index (χ4n) is 0.887. The number of phenolic OH excluding ortho intramolecular Hbond substituents is 1. The second kappa shape index (κ2) is 4.13. The minimum Gasteiger partial charge on any atom is -0.507 e. The van der Waals surface area contributed by atoms with Crippen molar-refractivity contribution in [3.05, 3.63) is 28.3 Å². The van der Waals surface area contributed by atoms with E-state index in [1.54, 1.807) is 0 Å². The van der Waals surface area contributed by atoms with E-state index in [1.165, 1.54) is 30.0 Å². The van der Waals surface area contributed by atoms with Gasteiger partial charge in [-0.2, -0.15) is 0 Å². The Kier molecular flexibility index (Phi) is 3.13. The zero-order valence-electron chi connectivity index (χ0n) is 7.06. The molecule has 0 spiro atoms. The summed E-state index contributed by atoms with van der Waals surface area (Å²) in [7, 11) is 0. The van der Waals surface area contributed by atoms with Crippen LogP contribution in [0.3, 0.4) is 0 Å². The van der Waals surface area contributed by atoms with Gasteiger partial charge in [-0.15, -0.1) is 11.8 Å². The molecule has 0 fully saturated rings. The van der Waals surface area contributed by atoms with Crippen molar-refractivity contribution in [3.8, 4) is 5.75 Å². The molecule has 13 heavy (non-hydrogen) atoms. The molecule has 0 amide bonds. The monoisotopic (exact) mass is 199 g/mol. The Morgan fingerprint density at radius 3 is 2.85 bits per heavy atom. The summed E-state index contributed by atoms with van der Waals surface area (Å²) in [5, 5.41) is 19.7. The van der Waals surface area contributed by atoms with Gasteiger partial charge in [0.2, 0.25) is 0 Å². The van der Waals surface area contributed by atoms with Crippen LogP contribution >= 0.6 is 11.8 Å². The molecule has 0 aliphatic rings. The first-order chi connectivity index (χ1) is 6.15. The number of hydrogen-bond donors (Lipinski definition) is 1. The maximum Gasteiger partial charge on any atom is 0.270 e. The Balaban J connectivity index is 3.03. The van der Waals surface area contributed by atoms with Crippen LogP contribution in [0.2, 0.25) is 0 Å². The fourth-order valence-corrected chi connectivity index (χ4v) is 1.62. The molecule has 0 heterocycles. The Labute approximate surface area is 79.7 Å². The van der Waals surface area contributed by atoms with Gasteiger partial charge >= 0.3 is 0 Å². The number of nitrogens with zero attached hydrogens (tertiary/aromatic N) is 1. The van der Waals surface area contributed by atoms with Gasteiger partial charge in [-0.25, -0.2) is 0 Å². The van der Waals surface area contributed by atoms with Crippen molar-refractivity contribution in [2.75, 3.05) is 5.75 Å². The van der Waals surface area contributed by atoms with Crippen LogP contribution in [0.4, 0.5) is 5.69 Å². The smallest absolute Gasteiger partial charge is 0.270 e. The topological polar surface area (TPSA) is 63.4 Å². The molecule has 0 bridgehead atoms. The molecule has 0 aromatic heterocycles. The molecule has 4 nitrogen and oxygen atoms in total. The molecule has 0 radical (unpaired) electrons. The van der Waals surface area contributed by atoms with Crippen LogP contribution in [0.25, 0.3) is 0 Å². The van der Waals surface area contributed by atoms with Gasteiger partial charge in [0.1, 0.15) is 5.75 Å². The van der Waals surface area contributed by atoms with E-state index in [0.29, 0.717) is 4.90 Å². The summed E-state index contributed by atoms with van der Waals surface area (Å²) >= 11 is 1.38. The van der Waals surface area contributed by atoms with Crippen molar-refractivity contribution < 1.29 is 10.0 Å². The highest BCUT2D eigenvalue weighted by molar-refractivity contribution is 7.99. The molecule has 1 rings (SSSR count). The molecule has 0 saturated heterocycles. The van der Waals surface area contributed by atoms with E-state index in [-0.39, 0.29) is 11.4 Å². The molecule has 0 saturated carbocycles. The second-order valence-corrected chi connectivity index (χ2v) is 3.65. The average Bonchev–Trinajstić information content (AvgIpc) is 2.08. The standard InChI is InChI=1S/C8H9NO3S/c1-2-13-8-5-6(9(11)12)3-4-7(8)10/h3-5,10H,2H2,1H3. The van der Waals surface area contributed by atoms with Crippen molar-refractivity contribution >= 4 is 17.4 Å². The fraction of sp³-hybridized carbons (Fsp3) is 0.250. The van der Waals surface area contributed by atoms with Gasteiger partial charge in [0, 0.05) is 12.1 Å². The third-order valence-electron chi connectivity index (χ3n) is 1.45. The highest BCUT2D eigenvalue weighted by atomic mass is 32.2. The minimum absolute atomic E-state index is 0.00810. The van der Waals surface area contributed by atoms with Crippen LogP contribution in [0.5, 0.6) is 5.75 Å². The number of nitro groups is 1. The van der Waals surface area contributed by atoms with Gasteiger partial charge in [0.05, 0.1) is 9.82 Å². The first-order valence-electron chi connectivity index (χ1n) is 3.75. The Morgan fingerprint density at radius 2 is 2.31 bits per heavy atom. The van der Waals surface area contributed by atoms with Gasteiger partial charge < -0.3 is 5.11 Å². The number of hydrogen-bond acceptors (Lipinski definition) is 4. The summed E-state index contributed by atoms with van der Waals surface area (Å²) in [5.41, 5.74) is 0.00810. The lowest BCUT2D eigenvalue weighted by Crippen LogP contribution is -1.87. The van der Waals surface area contributed by atoms with E-state index >= 15 is 0 Å². The number of rotatable bonds is 3. The zero-order valence-corrected chi connectivity index (χ0v) is 7.87. The van der Waals surface area contributed by atoms with Gasteiger partial charge in [-0.1, -0.05) is 6.92 Å². The van der Waals surface area contributed by atoms with Crippen molar-refractivity contribution in [2.45, 2.75) is 11.8 Å². The molecule has 0 atom stereocenters. The van der Waals surface area contributed by atoms with Crippen LogP contribution in [0.1, 0.15) is 6.92 Å². The van der Waals surface area contributed by atoms with E-state index in [4.69, 9.17) is 0 Å². The summed E-state index contributed by atoms with van der Waals surface area (Å²) in [6.45, 7) is 1.92. The number of nitro benzene ring substituents is 1. The van der Waals surface area contributed by atoms with Crippen LogP contribution in [-0.2, 0) is 0 Å². The Bertz CT molecular complexity index is 327. The van der Waals surface area contributed by atoms with E-state index < -0.39 is 4.92 Å². The van der Waals surface area contributed by atoms with Crippen molar-refractivity contribution in [2.24, 2.45) is 0 Å². The van der Waals surface area contributed by atoms with Crippen molar-refractivity contribution in [1.29, 1.82) is 0 Å².